The van der Waals surface area contributed by atoms with Crippen LogP contribution >= 0.6 is 11.3 Å². The number of nitrogens with zero attached hydrogens (tertiary/aromatic N) is 2. The lowest BCUT2D eigenvalue weighted by atomic mass is 10.1. The lowest BCUT2D eigenvalue weighted by Gasteiger charge is -2.31. The average Bonchev–Trinajstić information content (AvgIpc) is 3.10. The predicted octanol–water partition coefficient (Wildman–Crippen LogP) is 2.10. The van der Waals surface area contributed by atoms with Gasteiger partial charge >= 0.3 is 0 Å². The van der Waals surface area contributed by atoms with E-state index in [-0.39, 0.29) is 10.9 Å². The van der Waals surface area contributed by atoms with Gasteiger partial charge in [0.25, 0.3) is 0 Å². The highest BCUT2D eigenvalue weighted by atomic mass is 32.2. The number of piperidine rings is 1. The minimum atomic E-state index is -3.49. The SMILES string of the molecule is COc1ccc(S(=O)(=O)NC2CCN(c3nccs3)CC2)cc1. The minimum Gasteiger partial charge on any atom is -0.497 e. The second kappa shape index (κ2) is 6.86. The van der Waals surface area contributed by atoms with Gasteiger partial charge in [-0.3, -0.25) is 0 Å². The first-order valence-electron chi connectivity index (χ1n) is 7.39. The van der Waals surface area contributed by atoms with E-state index in [0.717, 1.165) is 31.1 Å². The average molecular weight is 353 g/mol. The number of rotatable bonds is 5. The van der Waals surface area contributed by atoms with Crippen molar-refractivity contribution in [1.82, 2.24) is 9.71 Å². The molecule has 6 nitrogen and oxygen atoms in total. The van der Waals surface area contributed by atoms with Gasteiger partial charge in [0, 0.05) is 30.7 Å². The maximum atomic E-state index is 12.4. The molecule has 1 aromatic carbocycles. The summed E-state index contributed by atoms with van der Waals surface area (Å²) < 4.78 is 32.7. The number of anilines is 1. The molecule has 2 aromatic rings. The third-order valence-electron chi connectivity index (χ3n) is 3.88. The van der Waals surface area contributed by atoms with Gasteiger partial charge in [-0.05, 0) is 37.1 Å². The van der Waals surface area contributed by atoms with E-state index in [1.54, 1.807) is 48.9 Å². The molecule has 0 radical (unpaired) electrons. The number of ether oxygens (including phenoxy) is 1. The van der Waals surface area contributed by atoms with Crippen molar-refractivity contribution in [3.8, 4) is 5.75 Å². The summed E-state index contributed by atoms with van der Waals surface area (Å²) in [5.41, 5.74) is 0. The Balaban J connectivity index is 1.60. The highest BCUT2D eigenvalue weighted by Gasteiger charge is 2.25. The number of nitrogens with one attached hydrogen (secondary N) is 1. The van der Waals surface area contributed by atoms with Crippen molar-refractivity contribution in [3.63, 3.8) is 0 Å². The van der Waals surface area contributed by atoms with Gasteiger partial charge in [0.05, 0.1) is 12.0 Å². The number of aromatic nitrogens is 1. The zero-order valence-electron chi connectivity index (χ0n) is 12.8. The summed E-state index contributed by atoms with van der Waals surface area (Å²) in [6, 6.07) is 6.38. The maximum Gasteiger partial charge on any atom is 0.240 e. The molecule has 0 unspecified atom stereocenters. The Kier molecular flexibility index (Phi) is 4.84. The molecule has 1 aliphatic rings. The van der Waals surface area contributed by atoms with Crippen LogP contribution in [-0.4, -0.2) is 39.6 Å². The second-order valence-electron chi connectivity index (χ2n) is 5.37. The molecule has 124 valence electrons. The van der Waals surface area contributed by atoms with Crippen molar-refractivity contribution in [2.75, 3.05) is 25.1 Å². The van der Waals surface area contributed by atoms with E-state index in [1.807, 2.05) is 5.38 Å². The van der Waals surface area contributed by atoms with Crippen molar-refractivity contribution >= 4 is 26.5 Å². The van der Waals surface area contributed by atoms with Crippen molar-refractivity contribution in [1.29, 1.82) is 0 Å². The predicted molar refractivity (Wildman–Crippen MR) is 90.7 cm³/mol. The number of hydrogen-bond acceptors (Lipinski definition) is 6. The molecule has 0 bridgehead atoms. The lowest BCUT2D eigenvalue weighted by Crippen LogP contribution is -2.44. The molecule has 0 aliphatic carbocycles. The Labute approximate surface area is 140 Å². The molecular weight excluding hydrogens is 334 g/mol. The van der Waals surface area contributed by atoms with E-state index in [9.17, 15) is 8.42 Å². The highest BCUT2D eigenvalue weighted by molar-refractivity contribution is 7.89. The van der Waals surface area contributed by atoms with Gasteiger partial charge < -0.3 is 9.64 Å². The fourth-order valence-electron chi connectivity index (χ4n) is 2.60. The number of benzene rings is 1. The fourth-order valence-corrected chi connectivity index (χ4v) is 4.60. The Hall–Kier alpha value is -1.64. The van der Waals surface area contributed by atoms with Crippen LogP contribution in [0.4, 0.5) is 5.13 Å². The van der Waals surface area contributed by atoms with Crippen molar-refractivity contribution in [3.05, 3.63) is 35.8 Å². The molecule has 0 spiro atoms. The second-order valence-corrected chi connectivity index (χ2v) is 7.96. The summed E-state index contributed by atoms with van der Waals surface area (Å²) in [6.07, 6.45) is 3.34. The van der Waals surface area contributed by atoms with E-state index in [0.29, 0.717) is 5.75 Å². The Morgan fingerprint density at radius 2 is 1.96 bits per heavy atom. The van der Waals surface area contributed by atoms with E-state index >= 15 is 0 Å². The van der Waals surface area contributed by atoms with Crippen LogP contribution in [0.3, 0.4) is 0 Å². The summed E-state index contributed by atoms with van der Waals surface area (Å²) >= 11 is 1.61. The van der Waals surface area contributed by atoms with Gasteiger partial charge in [0.15, 0.2) is 5.13 Å². The Morgan fingerprint density at radius 1 is 1.26 bits per heavy atom. The molecule has 3 rings (SSSR count). The number of sulfonamides is 1. The molecule has 8 heteroatoms. The third-order valence-corrected chi connectivity index (χ3v) is 6.24. The molecule has 1 aromatic heterocycles. The highest BCUT2D eigenvalue weighted by Crippen LogP contribution is 2.23. The molecule has 0 saturated carbocycles. The fraction of sp³-hybridized carbons (Fsp3) is 0.400. The number of hydrogen-bond donors (Lipinski definition) is 1. The normalized spacial score (nSPS) is 16.5. The first-order chi connectivity index (χ1) is 11.1. The van der Waals surface area contributed by atoms with Crippen LogP contribution in [-0.2, 0) is 10.0 Å². The van der Waals surface area contributed by atoms with Crippen LogP contribution in [0.5, 0.6) is 5.75 Å². The lowest BCUT2D eigenvalue weighted by molar-refractivity contribution is 0.414. The van der Waals surface area contributed by atoms with Crippen molar-refractivity contribution in [2.24, 2.45) is 0 Å². The van der Waals surface area contributed by atoms with Gasteiger partial charge in [0.1, 0.15) is 5.75 Å². The molecule has 0 atom stereocenters. The summed E-state index contributed by atoms with van der Waals surface area (Å²) in [5.74, 6) is 0.640. The van der Waals surface area contributed by atoms with Crippen LogP contribution in [0.25, 0.3) is 0 Å². The van der Waals surface area contributed by atoms with Gasteiger partial charge in [-0.15, -0.1) is 11.3 Å². The summed E-state index contributed by atoms with van der Waals surface area (Å²) in [7, 11) is -1.94. The molecule has 2 heterocycles. The van der Waals surface area contributed by atoms with E-state index in [2.05, 4.69) is 14.6 Å². The first-order valence-corrected chi connectivity index (χ1v) is 9.75. The minimum absolute atomic E-state index is 0.0432. The monoisotopic (exact) mass is 353 g/mol. The van der Waals surface area contributed by atoms with E-state index in [4.69, 9.17) is 4.74 Å². The molecule has 0 amide bonds. The van der Waals surface area contributed by atoms with Gasteiger partial charge in [-0.25, -0.2) is 18.1 Å². The van der Waals surface area contributed by atoms with Crippen LogP contribution in [0.1, 0.15) is 12.8 Å². The van der Waals surface area contributed by atoms with E-state index < -0.39 is 10.0 Å². The molecule has 1 saturated heterocycles. The van der Waals surface area contributed by atoms with Crippen LogP contribution in [0.2, 0.25) is 0 Å². The first kappa shape index (κ1) is 16.2. The third kappa shape index (κ3) is 3.82. The zero-order chi connectivity index (χ0) is 16.3. The Morgan fingerprint density at radius 3 is 2.52 bits per heavy atom. The largest absolute Gasteiger partial charge is 0.497 e. The van der Waals surface area contributed by atoms with Gasteiger partial charge in [0.2, 0.25) is 10.0 Å². The topological polar surface area (TPSA) is 71.5 Å². The number of thiazole rings is 1. The van der Waals surface area contributed by atoms with Crippen molar-refractivity contribution < 1.29 is 13.2 Å². The molecule has 1 aliphatic heterocycles. The van der Waals surface area contributed by atoms with Crippen LogP contribution in [0.15, 0.2) is 40.7 Å². The molecule has 1 N–H and O–H groups in total. The molecule has 1 fully saturated rings. The summed E-state index contributed by atoms with van der Waals surface area (Å²) in [4.78, 5) is 6.76. The maximum absolute atomic E-state index is 12.4. The quantitative estimate of drug-likeness (QED) is 0.891. The van der Waals surface area contributed by atoms with Crippen molar-refractivity contribution in [2.45, 2.75) is 23.8 Å². The zero-order valence-corrected chi connectivity index (χ0v) is 14.4. The van der Waals surface area contributed by atoms with Crippen LogP contribution in [0, 0.1) is 0 Å². The smallest absolute Gasteiger partial charge is 0.240 e. The van der Waals surface area contributed by atoms with Gasteiger partial charge in [-0.1, -0.05) is 0 Å². The van der Waals surface area contributed by atoms with Gasteiger partial charge in [-0.2, -0.15) is 0 Å². The van der Waals surface area contributed by atoms with Crippen LogP contribution < -0.4 is 14.4 Å². The summed E-state index contributed by atoms with van der Waals surface area (Å²) in [6.45, 7) is 1.62. The standard InChI is InChI=1S/C15H19N3O3S2/c1-21-13-2-4-14(5-3-13)23(19,20)17-12-6-9-18(10-7-12)15-16-8-11-22-15/h2-5,8,11-12,17H,6-7,9-10H2,1H3. The summed E-state index contributed by atoms with van der Waals surface area (Å²) in [5, 5.41) is 2.95. The number of methoxy groups -OCH3 is 1. The van der Waals surface area contributed by atoms with E-state index in [1.165, 1.54) is 0 Å². The Bertz CT molecular complexity index is 722. The molecule has 23 heavy (non-hydrogen) atoms. The molecular formula is C15H19N3O3S2.